The number of hydrogen-bond acceptors (Lipinski definition) is 3. The van der Waals surface area contributed by atoms with Crippen molar-refractivity contribution in [2.24, 2.45) is 5.92 Å². The molecule has 2 aromatic rings. The number of nitrogens with one attached hydrogen (secondary N) is 2. The smallest absolute Gasteiger partial charge is 0.269 e. The van der Waals surface area contributed by atoms with Crippen molar-refractivity contribution >= 4 is 5.91 Å². The van der Waals surface area contributed by atoms with E-state index in [9.17, 15) is 4.79 Å². The van der Waals surface area contributed by atoms with Crippen LogP contribution in [0.15, 0.2) is 30.3 Å². The first-order valence-corrected chi connectivity index (χ1v) is 7.89. The summed E-state index contributed by atoms with van der Waals surface area (Å²) < 4.78 is 1.84. The van der Waals surface area contributed by atoms with Gasteiger partial charge in [0.2, 0.25) is 0 Å². The molecule has 0 radical (unpaired) electrons. The minimum Gasteiger partial charge on any atom is -0.347 e. The fraction of sp³-hybridized carbons (Fsp3) is 0.412. The lowest BCUT2D eigenvalue weighted by atomic mass is 10.1. The minimum atomic E-state index is -0.0460. The van der Waals surface area contributed by atoms with E-state index in [4.69, 9.17) is 0 Å². The van der Waals surface area contributed by atoms with Crippen LogP contribution in [-0.2, 0) is 0 Å². The number of rotatable bonds is 4. The van der Waals surface area contributed by atoms with Crippen molar-refractivity contribution < 1.29 is 4.79 Å². The number of carbonyl (C=O) groups excluding carboxylic acids is 1. The monoisotopic (exact) mass is 296 g/mol. The zero-order valence-electron chi connectivity index (χ0n) is 12.7. The van der Waals surface area contributed by atoms with E-state index in [0.29, 0.717) is 12.2 Å². The molecule has 4 rings (SSSR count). The third-order valence-electron chi connectivity index (χ3n) is 4.41. The number of hydrogen-bond donors (Lipinski definition) is 2. The van der Waals surface area contributed by atoms with Crippen molar-refractivity contribution in [3.8, 4) is 11.3 Å². The average molecular weight is 296 g/mol. The first-order valence-electron chi connectivity index (χ1n) is 7.89. The van der Waals surface area contributed by atoms with Gasteiger partial charge in [-0.2, -0.15) is 5.10 Å². The Morgan fingerprint density at radius 3 is 2.82 bits per heavy atom. The van der Waals surface area contributed by atoms with E-state index in [0.717, 1.165) is 23.7 Å². The van der Waals surface area contributed by atoms with Gasteiger partial charge in [0.1, 0.15) is 11.9 Å². The second-order valence-electron chi connectivity index (χ2n) is 6.30. The molecule has 2 aliphatic rings. The van der Waals surface area contributed by atoms with Crippen molar-refractivity contribution in [1.29, 1.82) is 0 Å². The number of aryl methyl sites for hydroxylation is 1. The highest BCUT2D eigenvalue weighted by molar-refractivity contribution is 5.94. The molecular formula is C17H20N4O. The molecule has 1 amide bonds. The lowest BCUT2D eigenvalue weighted by molar-refractivity contribution is 0.0900. The largest absolute Gasteiger partial charge is 0.347 e. The molecule has 0 spiro atoms. The summed E-state index contributed by atoms with van der Waals surface area (Å²) in [7, 11) is 0. The van der Waals surface area contributed by atoms with E-state index < -0.39 is 0 Å². The molecule has 0 unspecified atom stereocenters. The van der Waals surface area contributed by atoms with Crippen molar-refractivity contribution in [2.75, 3.05) is 13.1 Å². The van der Waals surface area contributed by atoms with Crippen LogP contribution in [0, 0.1) is 12.8 Å². The summed E-state index contributed by atoms with van der Waals surface area (Å²) in [4.78, 5) is 12.1. The third kappa shape index (κ3) is 2.52. The highest BCUT2D eigenvalue weighted by Crippen LogP contribution is 2.29. The number of fused-ring (bicyclic) bond motifs is 1. The molecule has 2 N–H and O–H groups in total. The molecular weight excluding hydrogens is 276 g/mol. The van der Waals surface area contributed by atoms with Gasteiger partial charge in [-0.05, 0) is 38.3 Å². The van der Waals surface area contributed by atoms with Gasteiger partial charge in [-0.1, -0.05) is 29.8 Å². The van der Waals surface area contributed by atoms with Crippen LogP contribution in [0.25, 0.3) is 11.3 Å². The van der Waals surface area contributed by atoms with Gasteiger partial charge in [-0.15, -0.1) is 0 Å². The van der Waals surface area contributed by atoms with E-state index in [1.54, 1.807) is 0 Å². The van der Waals surface area contributed by atoms with Crippen LogP contribution in [0.2, 0.25) is 0 Å². The molecule has 0 bridgehead atoms. The Morgan fingerprint density at radius 2 is 2.09 bits per heavy atom. The second kappa shape index (κ2) is 5.25. The summed E-state index contributed by atoms with van der Waals surface area (Å²) in [6, 6.07) is 10.1. The molecule has 5 nitrogen and oxygen atoms in total. The summed E-state index contributed by atoms with van der Waals surface area (Å²) in [5.41, 5.74) is 3.75. The molecule has 5 heteroatoms. The third-order valence-corrected chi connectivity index (χ3v) is 4.41. The van der Waals surface area contributed by atoms with Gasteiger partial charge < -0.3 is 5.32 Å². The molecule has 1 aliphatic heterocycles. The van der Waals surface area contributed by atoms with Crippen LogP contribution in [0.3, 0.4) is 0 Å². The van der Waals surface area contributed by atoms with Crippen molar-refractivity contribution in [3.05, 3.63) is 41.6 Å². The lowest BCUT2D eigenvalue weighted by Gasteiger charge is -2.25. The first kappa shape index (κ1) is 13.5. The standard InChI is InChI=1S/C17H20N4O/c1-11-2-6-13(7-3-11)14-8-15-17(22)19-10-16(21(15)20-14)18-9-12-4-5-12/h2-3,6-8,12,16,18H,4-5,9-10H2,1H3,(H,19,22)/t16-/m1/s1. The Kier molecular flexibility index (Phi) is 3.22. The fourth-order valence-electron chi connectivity index (χ4n) is 2.82. The predicted molar refractivity (Wildman–Crippen MR) is 84.5 cm³/mol. The van der Waals surface area contributed by atoms with Gasteiger partial charge in [0, 0.05) is 5.56 Å². The molecule has 1 fully saturated rings. The molecule has 1 saturated carbocycles. The van der Waals surface area contributed by atoms with E-state index in [2.05, 4.69) is 34.8 Å². The maximum Gasteiger partial charge on any atom is 0.269 e. The molecule has 1 aromatic heterocycles. The van der Waals surface area contributed by atoms with E-state index in [1.807, 2.05) is 22.9 Å². The second-order valence-corrected chi connectivity index (χ2v) is 6.30. The zero-order chi connectivity index (χ0) is 15.1. The summed E-state index contributed by atoms with van der Waals surface area (Å²) in [5.74, 6) is 0.753. The van der Waals surface area contributed by atoms with Crippen molar-refractivity contribution in [3.63, 3.8) is 0 Å². The van der Waals surface area contributed by atoms with Crippen LogP contribution >= 0.6 is 0 Å². The maximum atomic E-state index is 12.1. The molecule has 0 saturated heterocycles. The van der Waals surface area contributed by atoms with Crippen LogP contribution < -0.4 is 10.6 Å². The van der Waals surface area contributed by atoms with Gasteiger partial charge in [0.05, 0.1) is 12.2 Å². The SMILES string of the molecule is Cc1ccc(-c2cc3n(n2)[C@@H](NCC2CC2)CNC3=O)cc1. The number of amides is 1. The van der Waals surface area contributed by atoms with Gasteiger partial charge in [-0.25, -0.2) is 4.68 Å². The van der Waals surface area contributed by atoms with E-state index in [1.165, 1.54) is 18.4 Å². The molecule has 114 valence electrons. The minimum absolute atomic E-state index is 0.0460. The molecule has 1 aliphatic carbocycles. The Hall–Kier alpha value is -2.14. The van der Waals surface area contributed by atoms with Gasteiger partial charge >= 0.3 is 0 Å². The molecule has 1 aromatic carbocycles. The highest BCUT2D eigenvalue weighted by atomic mass is 16.2. The highest BCUT2D eigenvalue weighted by Gasteiger charge is 2.29. The Bertz CT molecular complexity index is 700. The summed E-state index contributed by atoms with van der Waals surface area (Å²) in [5, 5.41) is 11.1. The van der Waals surface area contributed by atoms with Crippen LogP contribution in [0.1, 0.15) is 35.1 Å². The van der Waals surface area contributed by atoms with Crippen molar-refractivity contribution in [1.82, 2.24) is 20.4 Å². The lowest BCUT2D eigenvalue weighted by Crippen LogP contribution is -2.45. The number of carbonyl (C=O) groups is 1. The topological polar surface area (TPSA) is 59.0 Å². The van der Waals surface area contributed by atoms with E-state index >= 15 is 0 Å². The number of aromatic nitrogens is 2. The van der Waals surface area contributed by atoms with Crippen LogP contribution in [0.4, 0.5) is 0 Å². The van der Waals surface area contributed by atoms with Crippen molar-refractivity contribution in [2.45, 2.75) is 25.9 Å². The molecule has 1 atom stereocenters. The Labute approximate surface area is 129 Å². The maximum absolute atomic E-state index is 12.1. The average Bonchev–Trinajstić information content (AvgIpc) is 3.24. The fourth-order valence-corrected chi connectivity index (χ4v) is 2.82. The Morgan fingerprint density at radius 1 is 1.32 bits per heavy atom. The van der Waals surface area contributed by atoms with Crippen LogP contribution in [0.5, 0.6) is 0 Å². The summed E-state index contributed by atoms with van der Waals surface area (Å²) in [6.45, 7) is 3.65. The number of benzene rings is 1. The summed E-state index contributed by atoms with van der Waals surface area (Å²) in [6.07, 6.45) is 2.67. The molecule has 22 heavy (non-hydrogen) atoms. The first-order chi connectivity index (χ1) is 10.7. The quantitative estimate of drug-likeness (QED) is 0.908. The molecule has 2 heterocycles. The normalized spacial score (nSPS) is 20.6. The van der Waals surface area contributed by atoms with Crippen LogP contribution in [-0.4, -0.2) is 28.8 Å². The predicted octanol–water partition coefficient (Wildman–Crippen LogP) is 2.10. The zero-order valence-corrected chi connectivity index (χ0v) is 12.7. The van der Waals surface area contributed by atoms with Gasteiger partial charge in [0.25, 0.3) is 5.91 Å². The summed E-state index contributed by atoms with van der Waals surface area (Å²) >= 11 is 0. The van der Waals surface area contributed by atoms with Gasteiger partial charge in [0.15, 0.2) is 0 Å². The Balaban J connectivity index is 1.64. The van der Waals surface area contributed by atoms with Gasteiger partial charge in [-0.3, -0.25) is 10.1 Å². The van der Waals surface area contributed by atoms with E-state index in [-0.39, 0.29) is 12.1 Å². The number of nitrogens with zero attached hydrogens (tertiary/aromatic N) is 2.